The lowest BCUT2D eigenvalue weighted by molar-refractivity contribution is 0.167. The van der Waals surface area contributed by atoms with Crippen molar-refractivity contribution < 1.29 is 9.84 Å². The number of aryl methyl sites for hydroxylation is 1. The third kappa shape index (κ3) is 4.43. The molecule has 0 aliphatic rings. The van der Waals surface area contributed by atoms with E-state index in [2.05, 4.69) is 23.2 Å². The fourth-order valence-corrected chi connectivity index (χ4v) is 2.62. The number of benzene rings is 2. The Morgan fingerprint density at radius 2 is 1.71 bits per heavy atom. The molecule has 122 valence electrons. The van der Waals surface area contributed by atoms with Gasteiger partial charge in [0.15, 0.2) is 0 Å². The molecule has 2 aromatic carbocycles. The molecule has 0 amide bonds. The second-order valence-electron chi connectivity index (χ2n) is 5.72. The molecule has 1 atom stereocenters. The summed E-state index contributed by atoms with van der Waals surface area (Å²) in [7, 11) is 0. The van der Waals surface area contributed by atoms with Gasteiger partial charge < -0.3 is 9.84 Å². The molecule has 0 aliphatic heterocycles. The van der Waals surface area contributed by atoms with E-state index in [-0.39, 0.29) is 0 Å². The number of hydrogen-bond acceptors (Lipinski definition) is 3. The molecule has 1 N–H and O–H groups in total. The maximum Gasteiger partial charge on any atom is 0.122 e. The molecule has 0 saturated heterocycles. The van der Waals surface area contributed by atoms with Crippen LogP contribution in [-0.4, -0.2) is 10.1 Å². The predicted molar refractivity (Wildman–Crippen MR) is 94.7 cm³/mol. The second-order valence-corrected chi connectivity index (χ2v) is 5.72. The van der Waals surface area contributed by atoms with Gasteiger partial charge in [-0.1, -0.05) is 54.6 Å². The van der Waals surface area contributed by atoms with E-state index in [4.69, 9.17) is 4.74 Å². The van der Waals surface area contributed by atoms with Gasteiger partial charge in [0, 0.05) is 12.4 Å². The molecular formula is C21H21NO2. The highest BCUT2D eigenvalue weighted by molar-refractivity contribution is 5.34. The first-order valence-electron chi connectivity index (χ1n) is 8.15. The van der Waals surface area contributed by atoms with Gasteiger partial charge in [-0.25, -0.2) is 0 Å². The Morgan fingerprint density at radius 1 is 0.917 bits per heavy atom. The van der Waals surface area contributed by atoms with E-state index in [1.165, 1.54) is 0 Å². The van der Waals surface area contributed by atoms with E-state index < -0.39 is 6.10 Å². The van der Waals surface area contributed by atoms with Gasteiger partial charge in [-0.3, -0.25) is 4.98 Å². The minimum Gasteiger partial charge on any atom is -0.489 e. The number of hydrogen-bond donors (Lipinski definition) is 1. The Labute approximate surface area is 142 Å². The molecular weight excluding hydrogens is 298 g/mol. The Balaban J connectivity index is 1.61. The van der Waals surface area contributed by atoms with Gasteiger partial charge in [0.1, 0.15) is 12.4 Å². The number of nitrogens with zero attached hydrogens (tertiary/aromatic N) is 1. The van der Waals surface area contributed by atoms with Gasteiger partial charge in [-0.2, -0.15) is 0 Å². The molecule has 0 aliphatic carbocycles. The molecule has 3 rings (SSSR count). The summed E-state index contributed by atoms with van der Waals surface area (Å²) in [4.78, 5) is 4.06. The fraction of sp³-hybridized carbons (Fsp3) is 0.190. The summed E-state index contributed by atoms with van der Waals surface area (Å²) in [5.74, 6) is 0.875. The van der Waals surface area contributed by atoms with Crippen LogP contribution >= 0.6 is 0 Å². The molecule has 0 spiro atoms. The predicted octanol–water partition coefficient (Wildman–Crippen LogP) is 4.33. The van der Waals surface area contributed by atoms with Crippen LogP contribution in [0, 0.1) is 0 Å². The van der Waals surface area contributed by atoms with Gasteiger partial charge in [0.2, 0.25) is 0 Å². The van der Waals surface area contributed by atoms with E-state index in [1.54, 1.807) is 12.4 Å². The molecule has 0 radical (unpaired) electrons. The molecule has 0 saturated carbocycles. The molecule has 1 heterocycles. The van der Waals surface area contributed by atoms with E-state index in [0.717, 1.165) is 28.9 Å². The standard InChI is InChI=1S/C21H21NO2/c23-20(19-10-6-14-22-15-19)13-12-18-9-4-5-11-21(18)24-16-17-7-2-1-3-8-17/h1-11,14-15,20,23H,12-13,16H2. The van der Waals surface area contributed by atoms with Crippen molar-refractivity contribution in [3.8, 4) is 5.75 Å². The fourth-order valence-electron chi connectivity index (χ4n) is 2.62. The quantitative estimate of drug-likeness (QED) is 0.705. The second kappa shape index (κ2) is 8.27. The van der Waals surface area contributed by atoms with E-state index >= 15 is 0 Å². The van der Waals surface area contributed by atoms with Crippen molar-refractivity contribution in [2.75, 3.05) is 0 Å². The van der Waals surface area contributed by atoms with Gasteiger partial charge in [0.05, 0.1) is 6.10 Å². The summed E-state index contributed by atoms with van der Waals surface area (Å²) in [5.41, 5.74) is 3.10. The summed E-state index contributed by atoms with van der Waals surface area (Å²) in [6.07, 6.45) is 4.30. The van der Waals surface area contributed by atoms with E-state index in [0.29, 0.717) is 13.0 Å². The maximum absolute atomic E-state index is 10.3. The van der Waals surface area contributed by atoms with Crippen LogP contribution in [0.25, 0.3) is 0 Å². The molecule has 1 aromatic heterocycles. The summed E-state index contributed by atoms with van der Waals surface area (Å²) >= 11 is 0. The normalized spacial score (nSPS) is 11.9. The topological polar surface area (TPSA) is 42.4 Å². The summed E-state index contributed by atoms with van der Waals surface area (Å²) < 4.78 is 5.97. The lowest BCUT2D eigenvalue weighted by atomic mass is 10.0. The highest BCUT2D eigenvalue weighted by atomic mass is 16.5. The van der Waals surface area contributed by atoms with Crippen LogP contribution in [0.3, 0.4) is 0 Å². The Hall–Kier alpha value is -2.65. The first-order chi connectivity index (χ1) is 11.8. The molecule has 1 unspecified atom stereocenters. The summed E-state index contributed by atoms with van der Waals surface area (Å²) in [5, 5.41) is 10.3. The molecule has 24 heavy (non-hydrogen) atoms. The minimum atomic E-state index is -0.513. The zero-order valence-electron chi connectivity index (χ0n) is 13.5. The molecule has 3 nitrogen and oxygen atoms in total. The number of aromatic nitrogens is 1. The SMILES string of the molecule is OC(CCc1ccccc1OCc1ccccc1)c1cccnc1. The average Bonchev–Trinajstić information content (AvgIpc) is 2.66. The number of para-hydroxylation sites is 1. The van der Waals surface area contributed by atoms with Gasteiger partial charge >= 0.3 is 0 Å². The molecule has 0 bridgehead atoms. The lowest BCUT2D eigenvalue weighted by Gasteiger charge is -2.14. The van der Waals surface area contributed by atoms with Crippen molar-refractivity contribution in [3.05, 3.63) is 95.8 Å². The molecule has 3 heteroatoms. The van der Waals surface area contributed by atoms with Gasteiger partial charge in [-0.15, -0.1) is 0 Å². The van der Waals surface area contributed by atoms with Crippen molar-refractivity contribution in [1.82, 2.24) is 4.98 Å². The Morgan fingerprint density at radius 3 is 2.50 bits per heavy atom. The number of pyridine rings is 1. The molecule has 0 fully saturated rings. The van der Waals surface area contributed by atoms with Crippen LogP contribution in [0.2, 0.25) is 0 Å². The highest BCUT2D eigenvalue weighted by Gasteiger charge is 2.10. The van der Waals surface area contributed by atoms with Crippen LogP contribution in [-0.2, 0) is 13.0 Å². The number of rotatable bonds is 7. The summed E-state index contributed by atoms with van der Waals surface area (Å²) in [6.45, 7) is 0.545. The van der Waals surface area contributed by atoms with Crippen molar-refractivity contribution in [2.24, 2.45) is 0 Å². The van der Waals surface area contributed by atoms with Crippen molar-refractivity contribution in [1.29, 1.82) is 0 Å². The smallest absolute Gasteiger partial charge is 0.122 e. The van der Waals surface area contributed by atoms with Gasteiger partial charge in [-0.05, 0) is 41.7 Å². The number of aliphatic hydroxyl groups excluding tert-OH is 1. The number of aliphatic hydroxyl groups is 1. The monoisotopic (exact) mass is 319 g/mol. The average molecular weight is 319 g/mol. The molecule has 3 aromatic rings. The van der Waals surface area contributed by atoms with Crippen LogP contribution in [0.5, 0.6) is 5.75 Å². The first-order valence-corrected chi connectivity index (χ1v) is 8.15. The third-order valence-corrected chi connectivity index (χ3v) is 3.97. The third-order valence-electron chi connectivity index (χ3n) is 3.97. The van der Waals surface area contributed by atoms with Crippen molar-refractivity contribution >= 4 is 0 Å². The van der Waals surface area contributed by atoms with E-state index in [9.17, 15) is 5.11 Å². The largest absolute Gasteiger partial charge is 0.489 e. The summed E-state index contributed by atoms with van der Waals surface area (Å²) in [6, 6.07) is 21.9. The van der Waals surface area contributed by atoms with Crippen LogP contribution < -0.4 is 4.74 Å². The Kier molecular flexibility index (Phi) is 5.59. The number of ether oxygens (including phenoxy) is 1. The zero-order chi connectivity index (χ0) is 16.6. The van der Waals surface area contributed by atoms with Crippen LogP contribution in [0.15, 0.2) is 79.1 Å². The van der Waals surface area contributed by atoms with Crippen LogP contribution in [0.4, 0.5) is 0 Å². The highest BCUT2D eigenvalue weighted by Crippen LogP contribution is 2.24. The van der Waals surface area contributed by atoms with Crippen molar-refractivity contribution in [3.63, 3.8) is 0 Å². The minimum absolute atomic E-state index is 0.513. The maximum atomic E-state index is 10.3. The Bertz CT molecular complexity index is 744. The first kappa shape index (κ1) is 16.2. The van der Waals surface area contributed by atoms with Gasteiger partial charge in [0.25, 0.3) is 0 Å². The van der Waals surface area contributed by atoms with Crippen molar-refractivity contribution in [2.45, 2.75) is 25.6 Å². The van der Waals surface area contributed by atoms with E-state index in [1.807, 2.05) is 48.5 Å². The van der Waals surface area contributed by atoms with Crippen LogP contribution in [0.1, 0.15) is 29.2 Å². The lowest BCUT2D eigenvalue weighted by Crippen LogP contribution is -2.02. The zero-order valence-corrected chi connectivity index (χ0v) is 13.5.